The van der Waals surface area contributed by atoms with Crippen molar-refractivity contribution in [3.05, 3.63) is 95.4 Å². The number of nitrogens with zero attached hydrogens (tertiary/aromatic N) is 1. The summed E-state index contributed by atoms with van der Waals surface area (Å²) in [4.78, 5) is 2.26. The molecule has 29 heavy (non-hydrogen) atoms. The van der Waals surface area contributed by atoms with E-state index in [1.54, 1.807) is 0 Å². The summed E-state index contributed by atoms with van der Waals surface area (Å²) < 4.78 is 6.29. The van der Waals surface area contributed by atoms with Gasteiger partial charge < -0.3 is 9.64 Å². The van der Waals surface area contributed by atoms with Crippen molar-refractivity contribution in [3.8, 4) is 5.75 Å². The summed E-state index contributed by atoms with van der Waals surface area (Å²) in [5.41, 5.74) is 6.96. The highest BCUT2D eigenvalue weighted by Crippen LogP contribution is 2.43. The zero-order chi connectivity index (χ0) is 21.2. The molecule has 0 amide bonds. The normalized spacial score (nSPS) is 16.3. The summed E-state index contributed by atoms with van der Waals surface area (Å²) in [7, 11) is 0. The van der Waals surface area contributed by atoms with Crippen LogP contribution in [0.25, 0.3) is 0 Å². The van der Waals surface area contributed by atoms with Crippen molar-refractivity contribution >= 4 is 5.69 Å². The molecule has 0 saturated carbocycles. The van der Waals surface area contributed by atoms with Crippen LogP contribution in [0.15, 0.2) is 73.2 Å². The molecule has 2 nitrogen and oxygen atoms in total. The van der Waals surface area contributed by atoms with Crippen LogP contribution in [0.5, 0.6) is 5.75 Å². The molecular formula is C27H33NO. The molecule has 0 fully saturated rings. The Morgan fingerprint density at radius 2 is 1.79 bits per heavy atom. The molecule has 0 aromatic heterocycles. The van der Waals surface area contributed by atoms with E-state index in [4.69, 9.17) is 4.74 Å². The number of rotatable bonds is 7. The van der Waals surface area contributed by atoms with Crippen LogP contribution in [-0.2, 0) is 5.41 Å². The molecule has 1 atom stereocenters. The number of fused-ring (bicyclic) bond motifs is 1. The van der Waals surface area contributed by atoms with Gasteiger partial charge in [0.05, 0.1) is 5.69 Å². The second kappa shape index (κ2) is 8.32. The van der Waals surface area contributed by atoms with E-state index in [9.17, 15) is 0 Å². The summed E-state index contributed by atoms with van der Waals surface area (Å²) in [5, 5.41) is 0. The van der Waals surface area contributed by atoms with E-state index in [0.29, 0.717) is 0 Å². The molecule has 0 N–H and O–H groups in total. The number of benzene rings is 2. The van der Waals surface area contributed by atoms with Crippen LogP contribution in [0.3, 0.4) is 0 Å². The number of ether oxygens (including phenoxy) is 1. The number of anilines is 1. The Bertz CT molecular complexity index is 968. The van der Waals surface area contributed by atoms with Gasteiger partial charge in [0.2, 0.25) is 5.88 Å². The molecular weight excluding hydrogens is 354 g/mol. The van der Waals surface area contributed by atoms with E-state index >= 15 is 0 Å². The van der Waals surface area contributed by atoms with Gasteiger partial charge in [-0.1, -0.05) is 56.3 Å². The minimum absolute atomic E-state index is 0.239. The highest BCUT2D eigenvalue weighted by molar-refractivity contribution is 5.68. The quantitative estimate of drug-likeness (QED) is 0.468. The maximum atomic E-state index is 6.29. The molecule has 3 rings (SSSR count). The van der Waals surface area contributed by atoms with Crippen LogP contribution in [0.4, 0.5) is 5.69 Å². The molecule has 1 aliphatic heterocycles. The van der Waals surface area contributed by atoms with Crippen molar-refractivity contribution in [2.45, 2.75) is 52.9 Å². The first-order chi connectivity index (χ1) is 13.8. The molecule has 0 aliphatic carbocycles. The number of aryl methyl sites for hydroxylation is 3. The summed E-state index contributed by atoms with van der Waals surface area (Å²) >= 11 is 0. The van der Waals surface area contributed by atoms with E-state index < -0.39 is 0 Å². The molecule has 1 unspecified atom stereocenters. The van der Waals surface area contributed by atoms with Gasteiger partial charge in [-0.25, -0.2) is 0 Å². The number of hydrogen-bond acceptors (Lipinski definition) is 2. The van der Waals surface area contributed by atoms with Crippen LogP contribution in [0.2, 0.25) is 0 Å². The molecule has 152 valence electrons. The minimum atomic E-state index is -0.239. The molecule has 1 heterocycles. The minimum Gasteiger partial charge on any atom is -0.439 e. The van der Waals surface area contributed by atoms with E-state index in [2.05, 4.69) is 95.2 Å². The Hall–Kier alpha value is -2.74. The second-order valence-corrected chi connectivity index (χ2v) is 8.38. The molecule has 0 bridgehead atoms. The third kappa shape index (κ3) is 4.03. The van der Waals surface area contributed by atoms with Gasteiger partial charge in [0, 0.05) is 18.0 Å². The van der Waals surface area contributed by atoms with Crippen LogP contribution >= 0.6 is 0 Å². The predicted molar refractivity (Wildman–Crippen MR) is 125 cm³/mol. The number of hydrogen-bond donors (Lipinski definition) is 0. The van der Waals surface area contributed by atoms with Crippen molar-refractivity contribution in [2.75, 3.05) is 11.4 Å². The lowest BCUT2D eigenvalue weighted by atomic mass is 9.72. The highest BCUT2D eigenvalue weighted by atomic mass is 16.5. The molecule has 1 aliphatic rings. The second-order valence-electron chi connectivity index (χ2n) is 8.38. The van der Waals surface area contributed by atoms with Crippen LogP contribution in [-0.4, -0.2) is 6.54 Å². The van der Waals surface area contributed by atoms with Crippen molar-refractivity contribution < 1.29 is 4.74 Å². The Morgan fingerprint density at radius 3 is 2.48 bits per heavy atom. The lowest BCUT2D eigenvalue weighted by molar-refractivity contribution is 0.434. The average Bonchev–Trinajstić information content (AvgIpc) is 3.00. The standard InChI is InChI=1S/C27H33NO/c1-8-14-27(7,23-16-19(3)10-12-21(23)5)22(6)18-26-28(15-9-2)24-13-11-20(4)17-25(24)29-26/h8,10-13,16-18H,1,6,9,14-15H2,2-5,7H3/b26-18-. The third-order valence-corrected chi connectivity index (χ3v) is 5.88. The third-order valence-electron chi connectivity index (χ3n) is 5.88. The van der Waals surface area contributed by atoms with Crippen LogP contribution in [0, 0.1) is 20.8 Å². The molecule has 2 aromatic rings. The fraction of sp³-hybridized carbons (Fsp3) is 0.333. The first-order valence-corrected chi connectivity index (χ1v) is 10.5. The lowest BCUT2D eigenvalue weighted by Gasteiger charge is -2.32. The Kier molecular flexibility index (Phi) is 6.02. The van der Waals surface area contributed by atoms with Crippen LogP contribution in [0.1, 0.15) is 48.9 Å². The Labute approximate surface area is 176 Å². The maximum absolute atomic E-state index is 6.29. The average molecular weight is 388 g/mol. The van der Waals surface area contributed by atoms with Crippen LogP contribution < -0.4 is 9.64 Å². The van der Waals surface area contributed by atoms with Crippen molar-refractivity contribution in [3.63, 3.8) is 0 Å². The van der Waals surface area contributed by atoms with E-state index in [1.807, 2.05) is 6.08 Å². The topological polar surface area (TPSA) is 12.5 Å². The summed E-state index contributed by atoms with van der Waals surface area (Å²) in [6.45, 7) is 20.3. The molecule has 0 spiro atoms. The molecule has 2 aromatic carbocycles. The fourth-order valence-corrected chi connectivity index (χ4v) is 4.12. The van der Waals surface area contributed by atoms with Gasteiger partial charge >= 0.3 is 0 Å². The van der Waals surface area contributed by atoms with E-state index in [0.717, 1.165) is 42.3 Å². The zero-order valence-corrected chi connectivity index (χ0v) is 18.5. The molecule has 2 heteroatoms. The summed E-state index contributed by atoms with van der Waals surface area (Å²) in [6, 6.07) is 13.0. The maximum Gasteiger partial charge on any atom is 0.200 e. The zero-order valence-electron chi connectivity index (χ0n) is 18.5. The predicted octanol–water partition coefficient (Wildman–Crippen LogP) is 7.15. The molecule has 0 radical (unpaired) electrons. The number of allylic oxidation sites excluding steroid dienone is 3. The summed E-state index contributed by atoms with van der Waals surface area (Å²) in [5.74, 6) is 1.78. The first kappa shape index (κ1) is 21.0. The van der Waals surface area contributed by atoms with Gasteiger partial charge in [0.25, 0.3) is 0 Å². The fourth-order valence-electron chi connectivity index (χ4n) is 4.12. The smallest absolute Gasteiger partial charge is 0.200 e. The van der Waals surface area contributed by atoms with Gasteiger partial charge in [-0.3, -0.25) is 0 Å². The van der Waals surface area contributed by atoms with E-state index in [-0.39, 0.29) is 5.41 Å². The Balaban J connectivity index is 2.04. The lowest BCUT2D eigenvalue weighted by Crippen LogP contribution is -2.26. The molecule has 0 saturated heterocycles. The SMILES string of the molecule is C=CCC(C)(C(=C)/C=C1\Oc2cc(C)ccc2N1CCC)c1cc(C)ccc1C. The highest BCUT2D eigenvalue weighted by Gasteiger charge is 2.32. The van der Waals surface area contributed by atoms with Crippen molar-refractivity contribution in [1.29, 1.82) is 0 Å². The monoisotopic (exact) mass is 387 g/mol. The first-order valence-electron chi connectivity index (χ1n) is 10.5. The van der Waals surface area contributed by atoms with Gasteiger partial charge in [0.15, 0.2) is 5.75 Å². The Morgan fingerprint density at radius 1 is 1.10 bits per heavy atom. The van der Waals surface area contributed by atoms with Gasteiger partial charge in [-0.05, 0) is 68.0 Å². The van der Waals surface area contributed by atoms with Gasteiger partial charge in [-0.15, -0.1) is 6.58 Å². The van der Waals surface area contributed by atoms with Gasteiger partial charge in [0.1, 0.15) is 0 Å². The van der Waals surface area contributed by atoms with Crippen molar-refractivity contribution in [1.82, 2.24) is 0 Å². The van der Waals surface area contributed by atoms with Gasteiger partial charge in [-0.2, -0.15) is 0 Å². The largest absolute Gasteiger partial charge is 0.439 e. The van der Waals surface area contributed by atoms with E-state index in [1.165, 1.54) is 22.3 Å². The summed E-state index contributed by atoms with van der Waals surface area (Å²) in [6.07, 6.45) is 5.97. The van der Waals surface area contributed by atoms with Crippen molar-refractivity contribution in [2.24, 2.45) is 0 Å².